The van der Waals surface area contributed by atoms with Crippen LogP contribution in [0.3, 0.4) is 0 Å². The van der Waals surface area contributed by atoms with Crippen LogP contribution < -0.4 is 17.2 Å². The van der Waals surface area contributed by atoms with Crippen LogP contribution in [-0.2, 0) is 0 Å². The minimum absolute atomic E-state index is 1.30. The molecule has 0 aliphatic heterocycles. The van der Waals surface area contributed by atoms with Crippen LogP contribution >= 0.6 is 0 Å². The molecule has 0 radical (unpaired) electrons. The smallest absolute Gasteiger partial charge is 0.318 e. The molecule has 12 nitrogen and oxygen atoms in total. The van der Waals surface area contributed by atoms with Gasteiger partial charge in [-0.05, 0) is 0 Å². The lowest BCUT2D eigenvalue weighted by Gasteiger charge is -2.22. The Balaban J connectivity index is 5.77. The molecule has 0 unspecified atom stereocenters. The van der Waals surface area contributed by atoms with Crippen molar-refractivity contribution in [2.75, 3.05) is 6.54 Å². The van der Waals surface area contributed by atoms with Crippen molar-refractivity contribution in [2.45, 2.75) is 11.4 Å². The van der Waals surface area contributed by atoms with Gasteiger partial charge in [0, 0.05) is 0 Å². The van der Waals surface area contributed by atoms with Crippen LogP contribution in [0.15, 0.2) is 0 Å². The standard InChI is InChI=1S/C3H8N6O6/c4-1-2(7(10)11,8(12)13)3(5,6)9(14)15/h1,4-6H2. The zero-order valence-corrected chi connectivity index (χ0v) is 7.23. The van der Waals surface area contributed by atoms with Crippen molar-refractivity contribution in [3.63, 3.8) is 0 Å². The summed E-state index contributed by atoms with van der Waals surface area (Å²) >= 11 is 0. The van der Waals surface area contributed by atoms with E-state index in [2.05, 4.69) is 0 Å². The Hall–Kier alpha value is -1.92. The van der Waals surface area contributed by atoms with Crippen molar-refractivity contribution in [1.82, 2.24) is 0 Å². The van der Waals surface area contributed by atoms with Crippen LogP contribution in [-0.4, -0.2) is 32.8 Å². The van der Waals surface area contributed by atoms with Crippen molar-refractivity contribution in [3.8, 4) is 0 Å². The van der Waals surface area contributed by atoms with Crippen LogP contribution in [0.1, 0.15) is 0 Å². The topological polar surface area (TPSA) is 207 Å². The first kappa shape index (κ1) is 13.1. The normalized spacial score (nSPS) is 12.2. The average molecular weight is 224 g/mol. The number of rotatable bonds is 5. The van der Waals surface area contributed by atoms with Gasteiger partial charge < -0.3 is 5.73 Å². The molecule has 0 aliphatic carbocycles. The molecular weight excluding hydrogens is 216 g/mol. The average Bonchev–Trinajstić information content (AvgIpc) is 2.03. The van der Waals surface area contributed by atoms with Crippen LogP contribution in [0, 0.1) is 30.3 Å². The molecule has 0 aliphatic rings. The third-order valence-corrected chi connectivity index (χ3v) is 1.83. The van der Waals surface area contributed by atoms with Crippen LogP contribution in [0.5, 0.6) is 0 Å². The first-order chi connectivity index (χ1) is 6.64. The summed E-state index contributed by atoms with van der Waals surface area (Å²) in [6, 6.07) is 0. The van der Waals surface area contributed by atoms with Gasteiger partial charge in [0.1, 0.15) is 16.4 Å². The number of hydrogen-bond donors (Lipinski definition) is 3. The highest BCUT2D eigenvalue weighted by molar-refractivity contribution is 4.84. The Morgan fingerprint density at radius 1 is 0.933 bits per heavy atom. The summed E-state index contributed by atoms with van der Waals surface area (Å²) < 4.78 is 0. The van der Waals surface area contributed by atoms with Crippen molar-refractivity contribution in [3.05, 3.63) is 30.3 Å². The fraction of sp³-hybridized carbons (Fsp3) is 1.00. The van der Waals surface area contributed by atoms with E-state index in [0.29, 0.717) is 0 Å². The van der Waals surface area contributed by atoms with E-state index >= 15 is 0 Å². The lowest BCUT2D eigenvalue weighted by molar-refractivity contribution is -0.848. The van der Waals surface area contributed by atoms with E-state index in [1.165, 1.54) is 0 Å². The number of nitrogens with zero attached hydrogens (tertiary/aromatic N) is 3. The molecule has 0 aromatic rings. The number of nitro groups is 3. The quantitative estimate of drug-likeness (QED) is 0.247. The summed E-state index contributed by atoms with van der Waals surface area (Å²) in [5, 5.41) is 31.3. The van der Waals surface area contributed by atoms with Gasteiger partial charge in [-0.15, -0.1) is 0 Å². The largest absolute Gasteiger partial charge is 0.566 e. The second kappa shape index (κ2) is 3.68. The van der Waals surface area contributed by atoms with Crippen molar-refractivity contribution >= 4 is 0 Å². The summed E-state index contributed by atoms with van der Waals surface area (Å²) in [5.41, 5.74) is 10.9. The summed E-state index contributed by atoms with van der Waals surface area (Å²) in [5.74, 6) is -3.39. The Morgan fingerprint density at radius 3 is 1.33 bits per heavy atom. The van der Waals surface area contributed by atoms with Gasteiger partial charge in [0.2, 0.25) is 0 Å². The fourth-order valence-electron chi connectivity index (χ4n) is 0.818. The Morgan fingerprint density at radius 2 is 1.27 bits per heavy atom. The molecule has 6 N–H and O–H groups in total. The molecule has 0 spiro atoms. The second-order valence-corrected chi connectivity index (χ2v) is 2.62. The highest BCUT2D eigenvalue weighted by atomic mass is 16.7. The van der Waals surface area contributed by atoms with Gasteiger partial charge >= 0.3 is 11.4 Å². The lowest BCUT2D eigenvalue weighted by atomic mass is 10.0. The highest BCUT2D eigenvalue weighted by Gasteiger charge is 2.78. The van der Waals surface area contributed by atoms with Crippen LogP contribution in [0.2, 0.25) is 0 Å². The van der Waals surface area contributed by atoms with E-state index in [1.54, 1.807) is 0 Å². The van der Waals surface area contributed by atoms with Gasteiger partial charge in [0.25, 0.3) is 0 Å². The number of hydrogen-bond acceptors (Lipinski definition) is 9. The molecular formula is C3H8N6O6. The van der Waals surface area contributed by atoms with Gasteiger partial charge in [0.15, 0.2) is 0 Å². The molecule has 0 fully saturated rings. The van der Waals surface area contributed by atoms with E-state index in [4.69, 9.17) is 17.2 Å². The maximum Gasteiger partial charge on any atom is 0.566 e. The fourth-order valence-corrected chi connectivity index (χ4v) is 0.818. The van der Waals surface area contributed by atoms with E-state index < -0.39 is 32.8 Å². The predicted molar refractivity (Wildman–Crippen MR) is 43.9 cm³/mol. The molecule has 0 saturated carbocycles. The molecule has 0 rings (SSSR count). The van der Waals surface area contributed by atoms with E-state index in [1.807, 2.05) is 0 Å². The molecule has 0 saturated heterocycles. The molecule has 0 atom stereocenters. The zero-order valence-electron chi connectivity index (χ0n) is 7.23. The van der Waals surface area contributed by atoms with Gasteiger partial charge in [-0.2, -0.15) is 0 Å². The summed E-state index contributed by atoms with van der Waals surface area (Å²) in [6.45, 7) is -1.30. The van der Waals surface area contributed by atoms with Gasteiger partial charge in [-0.25, -0.2) is 11.5 Å². The monoisotopic (exact) mass is 224 g/mol. The van der Waals surface area contributed by atoms with Crippen molar-refractivity contribution < 1.29 is 14.8 Å². The zero-order chi connectivity index (χ0) is 12.4. The van der Waals surface area contributed by atoms with Gasteiger partial charge in [-0.3, -0.25) is 30.3 Å². The molecule has 0 aromatic heterocycles. The van der Waals surface area contributed by atoms with Crippen LogP contribution in [0.25, 0.3) is 0 Å². The van der Waals surface area contributed by atoms with Gasteiger partial charge in [0.05, 0.1) is 4.92 Å². The van der Waals surface area contributed by atoms with E-state index in [0.717, 1.165) is 0 Å². The van der Waals surface area contributed by atoms with Crippen molar-refractivity contribution in [2.24, 2.45) is 17.2 Å². The minimum Gasteiger partial charge on any atom is -0.318 e. The second-order valence-electron chi connectivity index (χ2n) is 2.62. The molecule has 12 heteroatoms. The van der Waals surface area contributed by atoms with E-state index in [-0.39, 0.29) is 0 Å². The van der Waals surface area contributed by atoms with Gasteiger partial charge in [-0.1, -0.05) is 0 Å². The summed E-state index contributed by atoms with van der Waals surface area (Å²) in [7, 11) is 0. The predicted octanol–water partition coefficient (Wildman–Crippen LogP) is -2.96. The molecule has 86 valence electrons. The van der Waals surface area contributed by atoms with Crippen LogP contribution in [0.4, 0.5) is 0 Å². The van der Waals surface area contributed by atoms with Crippen molar-refractivity contribution in [1.29, 1.82) is 0 Å². The molecule has 15 heavy (non-hydrogen) atoms. The molecule has 0 aromatic carbocycles. The maximum absolute atomic E-state index is 10.5. The maximum atomic E-state index is 10.5. The third-order valence-electron chi connectivity index (χ3n) is 1.83. The molecule has 0 amide bonds. The van der Waals surface area contributed by atoms with E-state index in [9.17, 15) is 30.3 Å². The first-order valence-corrected chi connectivity index (χ1v) is 3.36. The lowest BCUT2D eigenvalue weighted by Crippen LogP contribution is -2.79. The first-order valence-electron chi connectivity index (χ1n) is 3.36. The summed E-state index contributed by atoms with van der Waals surface area (Å²) in [6.07, 6.45) is 0. The highest BCUT2D eigenvalue weighted by Crippen LogP contribution is 2.19. The Bertz CT molecular complexity index is 298. The molecule has 0 heterocycles. The Kier molecular flexibility index (Phi) is 3.21. The molecule has 0 bridgehead atoms. The Labute approximate surface area is 81.4 Å². The number of nitrogens with two attached hydrogens (primary N) is 3. The minimum atomic E-state index is -3.46. The third kappa shape index (κ3) is 1.56. The SMILES string of the molecule is NCC([N+](=O)[O-])([N+](=O)[O-])C(N)(N)[N+](=O)[O-]. The summed E-state index contributed by atoms with van der Waals surface area (Å²) in [4.78, 5) is 26.6.